The topological polar surface area (TPSA) is 49.4 Å². The van der Waals surface area contributed by atoms with Crippen LogP contribution in [0.4, 0.5) is 0 Å². The van der Waals surface area contributed by atoms with Crippen molar-refractivity contribution in [2.75, 3.05) is 31.1 Å². The van der Waals surface area contributed by atoms with E-state index in [2.05, 4.69) is 27.5 Å². The molecule has 0 saturated carbocycles. The molecule has 0 aromatic heterocycles. The summed E-state index contributed by atoms with van der Waals surface area (Å²) in [5.41, 5.74) is 3.82. The van der Waals surface area contributed by atoms with Gasteiger partial charge in [-0.15, -0.1) is 0 Å². The summed E-state index contributed by atoms with van der Waals surface area (Å²) in [5.74, 6) is 3.00. The van der Waals surface area contributed by atoms with Crippen molar-refractivity contribution in [2.24, 2.45) is 5.92 Å². The first-order chi connectivity index (χ1) is 12.3. The maximum absolute atomic E-state index is 13.0. The molecule has 1 N–H and O–H groups in total. The number of thioether (sulfide) groups is 1. The zero-order chi connectivity index (χ0) is 18.9. The molecule has 3 rings (SSSR count). The van der Waals surface area contributed by atoms with Crippen LogP contribution in [0.2, 0.25) is 0 Å². The molecule has 1 aromatic rings. The van der Waals surface area contributed by atoms with Crippen molar-refractivity contribution in [2.45, 2.75) is 57.9 Å². The Labute approximate surface area is 163 Å². The Morgan fingerprint density at radius 1 is 1.08 bits per heavy atom. The van der Waals surface area contributed by atoms with E-state index in [1.807, 2.05) is 27.7 Å². The van der Waals surface area contributed by atoms with Crippen molar-refractivity contribution in [1.29, 1.82) is 0 Å². The molecule has 2 saturated heterocycles. The Kier molecular flexibility index (Phi) is 6.37. The van der Waals surface area contributed by atoms with Crippen LogP contribution in [-0.4, -0.2) is 50.5 Å². The first kappa shape index (κ1) is 20.2. The lowest BCUT2D eigenvalue weighted by atomic mass is 9.96. The van der Waals surface area contributed by atoms with Gasteiger partial charge in [-0.1, -0.05) is 6.07 Å². The standard InChI is InChI=1S/C20H32N2O2S2/c1-14-11-15(2)17(4)20(16(14)3)26(23,24)21-12-18-5-8-22(9-6-18)19-7-10-25-13-19/h11,18-19,21H,5-10,12-13H2,1-4H3/t19-/m1/s1. The number of benzene rings is 1. The number of piperidine rings is 1. The molecule has 1 aromatic carbocycles. The Hall–Kier alpha value is -0.560. The second-order valence-corrected chi connectivity index (χ2v) is 10.8. The smallest absolute Gasteiger partial charge is 0.241 e. The van der Waals surface area contributed by atoms with Crippen LogP contribution in [0.1, 0.15) is 41.5 Å². The van der Waals surface area contributed by atoms with Crippen molar-refractivity contribution < 1.29 is 8.42 Å². The number of nitrogens with one attached hydrogen (secondary N) is 1. The largest absolute Gasteiger partial charge is 0.300 e. The first-order valence-electron chi connectivity index (χ1n) is 9.68. The highest BCUT2D eigenvalue weighted by molar-refractivity contribution is 7.99. The van der Waals surface area contributed by atoms with E-state index in [4.69, 9.17) is 0 Å². The summed E-state index contributed by atoms with van der Waals surface area (Å²) in [7, 11) is -3.46. The van der Waals surface area contributed by atoms with Crippen molar-refractivity contribution in [3.8, 4) is 0 Å². The van der Waals surface area contributed by atoms with E-state index in [0.29, 0.717) is 17.4 Å². The van der Waals surface area contributed by atoms with Crippen LogP contribution in [0.15, 0.2) is 11.0 Å². The van der Waals surface area contributed by atoms with Gasteiger partial charge in [-0.05, 0) is 94.0 Å². The fraction of sp³-hybridized carbons (Fsp3) is 0.700. The minimum atomic E-state index is -3.46. The first-order valence-corrected chi connectivity index (χ1v) is 12.3. The summed E-state index contributed by atoms with van der Waals surface area (Å²) >= 11 is 2.06. The SMILES string of the molecule is Cc1cc(C)c(C)c(S(=O)(=O)NCC2CCN([C@@H]3CCSC3)CC2)c1C. The summed E-state index contributed by atoms with van der Waals surface area (Å²) in [4.78, 5) is 3.10. The Bertz CT molecular complexity index is 721. The predicted octanol–water partition coefficient (Wildman–Crippen LogP) is 3.42. The third-order valence-electron chi connectivity index (χ3n) is 6.20. The van der Waals surface area contributed by atoms with Crippen molar-refractivity contribution in [3.63, 3.8) is 0 Å². The third-order valence-corrected chi connectivity index (χ3v) is 9.04. The maximum Gasteiger partial charge on any atom is 0.241 e. The molecular formula is C20H32N2O2S2. The molecule has 4 nitrogen and oxygen atoms in total. The zero-order valence-electron chi connectivity index (χ0n) is 16.5. The molecule has 2 aliphatic rings. The Balaban J connectivity index is 1.61. The Morgan fingerprint density at radius 2 is 1.69 bits per heavy atom. The normalized spacial score (nSPS) is 22.8. The molecule has 146 valence electrons. The van der Waals surface area contributed by atoms with Gasteiger partial charge >= 0.3 is 0 Å². The van der Waals surface area contributed by atoms with E-state index in [1.165, 1.54) is 17.9 Å². The third kappa shape index (κ3) is 4.29. The van der Waals surface area contributed by atoms with Crippen LogP contribution in [-0.2, 0) is 10.0 Å². The van der Waals surface area contributed by atoms with Gasteiger partial charge in [-0.2, -0.15) is 11.8 Å². The minimum Gasteiger partial charge on any atom is -0.300 e. The highest BCUT2D eigenvalue weighted by atomic mass is 32.2. The lowest BCUT2D eigenvalue weighted by Crippen LogP contribution is -2.43. The molecule has 2 heterocycles. The number of likely N-dealkylation sites (tertiary alicyclic amines) is 1. The number of aryl methyl sites for hydroxylation is 2. The second-order valence-electron chi connectivity index (χ2n) is 7.94. The molecule has 0 radical (unpaired) electrons. The van der Waals surface area contributed by atoms with Gasteiger partial charge in [0.25, 0.3) is 0 Å². The molecule has 26 heavy (non-hydrogen) atoms. The molecule has 0 aliphatic carbocycles. The monoisotopic (exact) mass is 396 g/mol. The van der Waals surface area contributed by atoms with Crippen LogP contribution in [0.5, 0.6) is 0 Å². The number of nitrogens with zero attached hydrogens (tertiary/aromatic N) is 1. The van der Waals surface area contributed by atoms with Gasteiger partial charge < -0.3 is 0 Å². The van der Waals surface area contributed by atoms with Gasteiger partial charge in [0.2, 0.25) is 10.0 Å². The predicted molar refractivity (Wildman–Crippen MR) is 111 cm³/mol. The lowest BCUT2D eigenvalue weighted by Gasteiger charge is -2.35. The summed E-state index contributed by atoms with van der Waals surface area (Å²) in [6.45, 7) is 10.6. The van der Waals surface area contributed by atoms with E-state index >= 15 is 0 Å². The van der Waals surface area contributed by atoms with Crippen molar-refractivity contribution >= 4 is 21.8 Å². The average Bonchev–Trinajstić information content (AvgIpc) is 3.13. The average molecular weight is 397 g/mol. The van der Waals surface area contributed by atoms with Crippen LogP contribution in [0, 0.1) is 33.6 Å². The van der Waals surface area contributed by atoms with Crippen molar-refractivity contribution in [1.82, 2.24) is 9.62 Å². The molecule has 6 heteroatoms. The van der Waals surface area contributed by atoms with Gasteiger partial charge in [0, 0.05) is 18.3 Å². The summed E-state index contributed by atoms with van der Waals surface area (Å²) in [5, 5.41) is 0. The van der Waals surface area contributed by atoms with E-state index in [9.17, 15) is 8.42 Å². The zero-order valence-corrected chi connectivity index (χ0v) is 18.1. The van der Waals surface area contributed by atoms with Gasteiger partial charge in [-0.25, -0.2) is 13.1 Å². The number of rotatable bonds is 5. The molecule has 0 bridgehead atoms. The molecule has 0 unspecified atom stereocenters. The fourth-order valence-corrected chi connectivity index (χ4v) is 7.20. The summed E-state index contributed by atoms with van der Waals surface area (Å²) in [6, 6.07) is 2.82. The lowest BCUT2D eigenvalue weighted by molar-refractivity contribution is 0.145. The van der Waals surface area contributed by atoms with Crippen LogP contribution in [0.25, 0.3) is 0 Å². The second kappa shape index (κ2) is 8.21. The van der Waals surface area contributed by atoms with Crippen molar-refractivity contribution in [3.05, 3.63) is 28.3 Å². The maximum atomic E-state index is 13.0. The fourth-order valence-electron chi connectivity index (χ4n) is 4.22. The summed E-state index contributed by atoms with van der Waals surface area (Å²) in [6.07, 6.45) is 3.50. The van der Waals surface area contributed by atoms with Crippen LogP contribution in [0.3, 0.4) is 0 Å². The van der Waals surface area contributed by atoms with Gasteiger partial charge in [0.05, 0.1) is 4.90 Å². The van der Waals surface area contributed by atoms with E-state index < -0.39 is 10.0 Å². The van der Waals surface area contributed by atoms with Crippen LogP contribution >= 0.6 is 11.8 Å². The quantitative estimate of drug-likeness (QED) is 0.829. The molecular weight excluding hydrogens is 364 g/mol. The van der Waals surface area contributed by atoms with Gasteiger partial charge in [0.15, 0.2) is 0 Å². The summed E-state index contributed by atoms with van der Waals surface area (Å²) < 4.78 is 28.9. The minimum absolute atomic E-state index is 0.446. The molecule has 0 amide bonds. The van der Waals surface area contributed by atoms with E-state index in [1.54, 1.807) is 0 Å². The van der Waals surface area contributed by atoms with Gasteiger partial charge in [0.1, 0.15) is 0 Å². The molecule has 0 spiro atoms. The number of sulfonamides is 1. The highest BCUT2D eigenvalue weighted by Crippen LogP contribution is 2.28. The molecule has 2 aliphatic heterocycles. The van der Waals surface area contributed by atoms with Crippen LogP contribution < -0.4 is 4.72 Å². The Morgan fingerprint density at radius 3 is 2.23 bits per heavy atom. The van der Waals surface area contributed by atoms with Gasteiger partial charge in [-0.3, -0.25) is 4.90 Å². The van der Waals surface area contributed by atoms with E-state index in [-0.39, 0.29) is 0 Å². The number of hydrogen-bond acceptors (Lipinski definition) is 4. The molecule has 1 atom stereocenters. The molecule has 2 fully saturated rings. The van der Waals surface area contributed by atoms with E-state index in [0.717, 1.165) is 54.2 Å². The number of hydrogen-bond donors (Lipinski definition) is 1. The highest BCUT2D eigenvalue weighted by Gasteiger charge is 2.29.